The predicted molar refractivity (Wildman–Crippen MR) is 167 cm³/mol. The van der Waals surface area contributed by atoms with E-state index >= 15 is 0 Å². The minimum Gasteiger partial charge on any atom is -0.520 e. The van der Waals surface area contributed by atoms with Crippen molar-refractivity contribution in [1.29, 1.82) is 0 Å². The second-order valence-corrected chi connectivity index (χ2v) is 22.5. The molecule has 0 heterocycles. The normalized spacial score (nSPS) is 13.7. The van der Waals surface area contributed by atoms with Gasteiger partial charge in [-0.25, -0.2) is 4.79 Å². The Morgan fingerprint density at radius 2 is 1.15 bits per heavy atom. The van der Waals surface area contributed by atoms with Gasteiger partial charge in [-0.3, -0.25) is 9.59 Å². The Bertz CT molecular complexity index is 1080. The molecule has 1 amide bonds. The molecule has 40 heavy (non-hydrogen) atoms. The Morgan fingerprint density at radius 3 is 1.57 bits per heavy atom. The Morgan fingerprint density at radius 1 is 0.700 bits per heavy atom. The van der Waals surface area contributed by atoms with Crippen LogP contribution < -0.4 is 5.32 Å². The number of amides is 1. The van der Waals surface area contributed by atoms with Gasteiger partial charge in [0.25, 0.3) is 14.3 Å². The van der Waals surface area contributed by atoms with E-state index in [2.05, 4.69) is 46.9 Å². The van der Waals surface area contributed by atoms with Crippen molar-refractivity contribution < 1.29 is 23.2 Å². The molecule has 2 aromatic rings. The standard InChI is InChI=1S/C32H49NO5Si2/c1-23(2)40(24(3)4,25(5)6)38-32(36)33-29(21-27-18-14-11-15-19-27)30(34)22-28(31(35)37-39(7,8)9)20-26-16-12-10-13-17-26/h10-19,23-25,28-29H,20-22H2,1-9H3,(H,33,36)/t28-,29+/m1/s1. The molecule has 220 valence electrons. The van der Waals surface area contributed by atoms with Crippen molar-refractivity contribution in [1.82, 2.24) is 5.32 Å². The number of nitrogens with one attached hydrogen (secondary N) is 1. The monoisotopic (exact) mass is 583 g/mol. The van der Waals surface area contributed by atoms with E-state index in [-0.39, 0.29) is 34.8 Å². The summed E-state index contributed by atoms with van der Waals surface area (Å²) in [6.45, 7) is 18.6. The summed E-state index contributed by atoms with van der Waals surface area (Å²) in [4.78, 5) is 40.6. The van der Waals surface area contributed by atoms with E-state index in [1.807, 2.05) is 80.3 Å². The third-order valence-electron chi connectivity index (χ3n) is 7.45. The van der Waals surface area contributed by atoms with Crippen molar-refractivity contribution in [2.45, 2.75) is 103 Å². The number of hydrogen-bond acceptors (Lipinski definition) is 5. The number of rotatable bonds is 14. The molecular weight excluding hydrogens is 535 g/mol. The molecular formula is C32H49NO5Si2. The summed E-state index contributed by atoms with van der Waals surface area (Å²) in [5, 5.41) is 2.92. The maximum Gasteiger partial charge on any atom is 0.394 e. The van der Waals surface area contributed by atoms with Gasteiger partial charge < -0.3 is 14.2 Å². The van der Waals surface area contributed by atoms with Crippen LogP contribution in [0.4, 0.5) is 4.79 Å². The zero-order valence-corrected chi connectivity index (χ0v) is 27.8. The van der Waals surface area contributed by atoms with Gasteiger partial charge in [0.1, 0.15) is 0 Å². The Kier molecular flexibility index (Phi) is 12.4. The van der Waals surface area contributed by atoms with Crippen LogP contribution in [0.3, 0.4) is 0 Å². The van der Waals surface area contributed by atoms with E-state index in [1.54, 1.807) is 0 Å². The Balaban J connectivity index is 2.35. The van der Waals surface area contributed by atoms with E-state index in [4.69, 9.17) is 8.85 Å². The molecule has 0 aliphatic rings. The smallest absolute Gasteiger partial charge is 0.394 e. The van der Waals surface area contributed by atoms with Crippen molar-refractivity contribution >= 4 is 34.5 Å². The summed E-state index contributed by atoms with van der Waals surface area (Å²) in [5.41, 5.74) is 2.53. The summed E-state index contributed by atoms with van der Waals surface area (Å²) in [7, 11) is -4.68. The molecule has 8 heteroatoms. The third kappa shape index (κ3) is 9.73. The molecule has 0 aliphatic carbocycles. The lowest BCUT2D eigenvalue weighted by Gasteiger charge is -2.41. The highest BCUT2D eigenvalue weighted by molar-refractivity contribution is 6.78. The second kappa shape index (κ2) is 14.8. The molecule has 6 nitrogen and oxygen atoms in total. The topological polar surface area (TPSA) is 81.7 Å². The summed E-state index contributed by atoms with van der Waals surface area (Å²) >= 11 is 0. The van der Waals surface area contributed by atoms with Gasteiger partial charge in [-0.1, -0.05) is 102 Å². The predicted octanol–water partition coefficient (Wildman–Crippen LogP) is 7.70. The molecule has 0 saturated carbocycles. The number of Topliss-reactive ketones (excluding diaryl/α,β-unsaturated/α-hetero) is 1. The van der Waals surface area contributed by atoms with Crippen molar-refractivity contribution in [3.63, 3.8) is 0 Å². The van der Waals surface area contributed by atoms with Crippen LogP contribution in [-0.2, 0) is 31.3 Å². The number of ketones is 1. The van der Waals surface area contributed by atoms with Gasteiger partial charge in [-0.05, 0) is 60.2 Å². The third-order valence-corrected chi connectivity index (χ3v) is 14.2. The van der Waals surface area contributed by atoms with Crippen molar-refractivity contribution in [3.05, 3.63) is 71.8 Å². The minimum absolute atomic E-state index is 0.0307. The molecule has 2 atom stereocenters. The summed E-state index contributed by atoms with van der Waals surface area (Å²) < 4.78 is 12.1. The average Bonchev–Trinajstić information content (AvgIpc) is 2.86. The van der Waals surface area contributed by atoms with Gasteiger partial charge in [-0.2, -0.15) is 0 Å². The van der Waals surface area contributed by atoms with E-state index in [1.165, 1.54) is 0 Å². The van der Waals surface area contributed by atoms with Crippen molar-refractivity contribution in [3.8, 4) is 0 Å². The van der Waals surface area contributed by atoms with E-state index in [0.29, 0.717) is 12.8 Å². The number of carbonyl (C=O) groups is 3. The maximum absolute atomic E-state index is 13.9. The molecule has 2 rings (SSSR count). The molecule has 1 N–H and O–H groups in total. The largest absolute Gasteiger partial charge is 0.520 e. The van der Waals surface area contributed by atoms with Crippen LogP contribution in [0.5, 0.6) is 0 Å². The average molecular weight is 584 g/mol. The second-order valence-electron chi connectivity index (χ2n) is 12.7. The highest BCUT2D eigenvalue weighted by Crippen LogP contribution is 2.42. The van der Waals surface area contributed by atoms with Gasteiger partial charge >= 0.3 is 6.09 Å². The molecule has 2 aromatic carbocycles. The maximum atomic E-state index is 13.9. The van der Waals surface area contributed by atoms with Crippen LogP contribution in [0, 0.1) is 5.92 Å². The molecule has 0 saturated heterocycles. The fourth-order valence-electron chi connectivity index (χ4n) is 5.69. The number of hydrogen-bond donors (Lipinski definition) is 1. The molecule has 0 bridgehead atoms. The fraction of sp³-hybridized carbons (Fsp3) is 0.531. The first-order chi connectivity index (χ1) is 18.7. The summed E-state index contributed by atoms with van der Waals surface area (Å²) in [6.07, 6.45) is 0.121. The summed E-state index contributed by atoms with van der Waals surface area (Å²) in [6, 6.07) is 18.4. The van der Waals surface area contributed by atoms with E-state index < -0.39 is 34.7 Å². The van der Waals surface area contributed by atoms with Crippen LogP contribution >= 0.6 is 0 Å². The van der Waals surface area contributed by atoms with Crippen LogP contribution in [-0.4, -0.2) is 40.5 Å². The Hall–Kier alpha value is -2.72. The molecule has 0 fully saturated rings. The number of benzene rings is 2. The minimum atomic E-state index is -2.50. The number of carbonyl (C=O) groups excluding carboxylic acids is 3. The van der Waals surface area contributed by atoms with E-state index in [9.17, 15) is 14.4 Å². The zero-order chi connectivity index (χ0) is 30.1. The zero-order valence-electron chi connectivity index (χ0n) is 25.8. The first-order valence-corrected chi connectivity index (χ1v) is 20.0. The van der Waals surface area contributed by atoms with Gasteiger partial charge in [0.2, 0.25) is 8.32 Å². The van der Waals surface area contributed by atoms with Gasteiger partial charge in [0.15, 0.2) is 5.78 Å². The lowest BCUT2D eigenvalue weighted by molar-refractivity contribution is -0.142. The quantitative estimate of drug-likeness (QED) is 0.231. The van der Waals surface area contributed by atoms with Crippen LogP contribution in [0.15, 0.2) is 60.7 Å². The molecule has 0 radical (unpaired) electrons. The van der Waals surface area contributed by atoms with Gasteiger partial charge in [-0.15, -0.1) is 0 Å². The first kappa shape index (κ1) is 33.5. The highest BCUT2D eigenvalue weighted by atomic mass is 28.4. The Labute approximate surface area is 243 Å². The first-order valence-electron chi connectivity index (χ1n) is 14.5. The highest BCUT2D eigenvalue weighted by Gasteiger charge is 2.48. The summed E-state index contributed by atoms with van der Waals surface area (Å²) in [5.74, 6) is -1.21. The molecule has 0 spiro atoms. The van der Waals surface area contributed by atoms with Crippen LogP contribution in [0.2, 0.25) is 36.3 Å². The molecule has 0 aliphatic heterocycles. The molecule has 0 aromatic heterocycles. The van der Waals surface area contributed by atoms with Crippen molar-refractivity contribution in [2.75, 3.05) is 0 Å². The lowest BCUT2D eigenvalue weighted by atomic mass is 9.90. The fourth-order valence-corrected chi connectivity index (χ4v) is 11.5. The lowest BCUT2D eigenvalue weighted by Crippen LogP contribution is -2.53. The van der Waals surface area contributed by atoms with Crippen LogP contribution in [0.25, 0.3) is 0 Å². The van der Waals surface area contributed by atoms with Crippen molar-refractivity contribution in [2.24, 2.45) is 5.92 Å². The van der Waals surface area contributed by atoms with Gasteiger partial charge in [0.05, 0.1) is 12.0 Å². The van der Waals surface area contributed by atoms with E-state index in [0.717, 1.165) is 11.1 Å². The van der Waals surface area contributed by atoms with Crippen LogP contribution in [0.1, 0.15) is 59.1 Å². The molecule has 0 unspecified atom stereocenters. The SMILES string of the molecule is CC(C)[Si](OC(=O)N[C@@H](Cc1ccccc1)C(=O)C[C@@H](Cc1ccccc1)C(=O)O[Si](C)(C)C)(C(C)C)C(C)C. The van der Waals surface area contributed by atoms with Gasteiger partial charge in [0, 0.05) is 6.42 Å².